The number of nitrogens with zero attached hydrogens (tertiary/aromatic N) is 4. The molecule has 0 aliphatic heterocycles. The minimum Gasteiger partial charge on any atom is -0.356 e. The van der Waals surface area contributed by atoms with Gasteiger partial charge in [-0.1, -0.05) is 25.1 Å². The first-order valence-corrected chi connectivity index (χ1v) is 12.5. The standard InChI is InChI=1S/C21H25F3N4O2S2/c1-3-27(11-8-12-28(4-2)32(29,30)17-9-6-5-7-10-17)19-18-13-16(14-21(22,23)24)31-20(18)26-15-25-19/h5-7,9-10,13,15H,3-4,8,11-12,14H2,1-2H3. The molecule has 0 spiro atoms. The van der Waals surface area contributed by atoms with Crippen molar-refractivity contribution in [1.82, 2.24) is 14.3 Å². The fraction of sp³-hybridized carbons (Fsp3) is 0.429. The molecule has 0 aliphatic rings. The van der Waals surface area contributed by atoms with Crippen LogP contribution in [0.15, 0.2) is 47.6 Å². The number of hydrogen-bond acceptors (Lipinski definition) is 6. The number of halogens is 3. The zero-order chi connectivity index (χ0) is 23.4. The number of fused-ring (bicyclic) bond motifs is 1. The highest BCUT2D eigenvalue weighted by Crippen LogP contribution is 2.33. The summed E-state index contributed by atoms with van der Waals surface area (Å²) in [6.45, 7) is 5.46. The van der Waals surface area contributed by atoms with Gasteiger partial charge in [-0.15, -0.1) is 11.3 Å². The second kappa shape index (κ2) is 10.1. The van der Waals surface area contributed by atoms with Gasteiger partial charge >= 0.3 is 6.18 Å². The van der Waals surface area contributed by atoms with Crippen molar-refractivity contribution in [2.24, 2.45) is 0 Å². The lowest BCUT2D eigenvalue weighted by Crippen LogP contribution is -2.34. The second-order valence-corrected chi connectivity index (χ2v) is 10.2. The summed E-state index contributed by atoms with van der Waals surface area (Å²) in [6.07, 6.45) is -3.39. The van der Waals surface area contributed by atoms with E-state index in [4.69, 9.17) is 0 Å². The molecule has 2 aromatic heterocycles. The average molecular weight is 487 g/mol. The Morgan fingerprint density at radius 2 is 1.75 bits per heavy atom. The fourth-order valence-electron chi connectivity index (χ4n) is 3.47. The van der Waals surface area contributed by atoms with Crippen molar-refractivity contribution in [2.45, 2.75) is 37.8 Å². The van der Waals surface area contributed by atoms with Crippen molar-refractivity contribution >= 4 is 37.4 Å². The summed E-state index contributed by atoms with van der Waals surface area (Å²) in [5.41, 5.74) is 0. The van der Waals surface area contributed by atoms with Crippen molar-refractivity contribution in [3.63, 3.8) is 0 Å². The van der Waals surface area contributed by atoms with E-state index in [9.17, 15) is 21.6 Å². The Morgan fingerprint density at radius 3 is 2.38 bits per heavy atom. The van der Waals surface area contributed by atoms with E-state index in [0.29, 0.717) is 48.6 Å². The summed E-state index contributed by atoms with van der Waals surface area (Å²) in [4.78, 5) is 11.3. The topological polar surface area (TPSA) is 66.4 Å². The predicted octanol–water partition coefficient (Wildman–Crippen LogP) is 4.72. The van der Waals surface area contributed by atoms with E-state index in [-0.39, 0.29) is 9.77 Å². The van der Waals surface area contributed by atoms with Crippen LogP contribution in [-0.2, 0) is 16.4 Å². The number of sulfonamides is 1. The van der Waals surface area contributed by atoms with Crippen LogP contribution in [0.1, 0.15) is 25.1 Å². The Labute approximate surface area is 189 Å². The van der Waals surface area contributed by atoms with E-state index in [2.05, 4.69) is 9.97 Å². The molecule has 0 fully saturated rings. The van der Waals surface area contributed by atoms with E-state index in [1.807, 2.05) is 11.8 Å². The van der Waals surface area contributed by atoms with Gasteiger partial charge in [0.25, 0.3) is 0 Å². The van der Waals surface area contributed by atoms with Gasteiger partial charge in [0.1, 0.15) is 17.0 Å². The molecule has 0 unspecified atom stereocenters. The van der Waals surface area contributed by atoms with Crippen molar-refractivity contribution in [3.05, 3.63) is 47.6 Å². The number of anilines is 1. The van der Waals surface area contributed by atoms with Crippen LogP contribution < -0.4 is 4.90 Å². The van der Waals surface area contributed by atoms with Crippen molar-refractivity contribution in [3.8, 4) is 0 Å². The van der Waals surface area contributed by atoms with Gasteiger partial charge in [0.2, 0.25) is 10.0 Å². The van der Waals surface area contributed by atoms with Crippen LogP contribution in [-0.4, -0.2) is 55.0 Å². The monoisotopic (exact) mass is 486 g/mol. The van der Waals surface area contributed by atoms with Crippen LogP contribution in [0.2, 0.25) is 0 Å². The Morgan fingerprint density at radius 1 is 1.03 bits per heavy atom. The number of thiophene rings is 1. The van der Waals surface area contributed by atoms with Crippen LogP contribution in [0.4, 0.5) is 19.0 Å². The number of hydrogen-bond donors (Lipinski definition) is 0. The lowest BCUT2D eigenvalue weighted by molar-refractivity contribution is -0.126. The minimum atomic E-state index is -4.28. The van der Waals surface area contributed by atoms with Crippen molar-refractivity contribution < 1.29 is 21.6 Å². The number of aromatic nitrogens is 2. The van der Waals surface area contributed by atoms with Crippen LogP contribution >= 0.6 is 11.3 Å². The van der Waals surface area contributed by atoms with Crippen molar-refractivity contribution in [2.75, 3.05) is 31.1 Å². The first kappa shape index (κ1) is 24.4. The summed E-state index contributed by atoms with van der Waals surface area (Å²) in [6, 6.07) is 9.79. The third kappa shape index (κ3) is 5.76. The molecule has 174 valence electrons. The maximum absolute atomic E-state index is 12.9. The molecule has 32 heavy (non-hydrogen) atoms. The molecule has 0 saturated heterocycles. The highest BCUT2D eigenvalue weighted by Gasteiger charge is 2.29. The first-order chi connectivity index (χ1) is 15.2. The molecule has 1 aromatic carbocycles. The lowest BCUT2D eigenvalue weighted by Gasteiger charge is -2.25. The molecule has 0 bridgehead atoms. The normalized spacial score (nSPS) is 12.6. The Balaban J connectivity index is 1.73. The molecule has 0 radical (unpaired) electrons. The van der Waals surface area contributed by atoms with Crippen LogP contribution in [0, 0.1) is 0 Å². The second-order valence-electron chi connectivity index (χ2n) is 7.16. The number of benzene rings is 1. The first-order valence-electron chi connectivity index (χ1n) is 10.3. The molecule has 2 heterocycles. The average Bonchev–Trinajstić information content (AvgIpc) is 3.15. The molecule has 0 amide bonds. The molecular formula is C21H25F3N4O2S2. The van der Waals surface area contributed by atoms with Gasteiger partial charge in [-0.3, -0.25) is 0 Å². The molecule has 3 aromatic rings. The number of rotatable bonds is 10. The quantitative estimate of drug-likeness (QED) is 0.415. The van der Waals surface area contributed by atoms with Gasteiger partial charge in [0, 0.05) is 31.1 Å². The van der Waals surface area contributed by atoms with Gasteiger partial charge in [0.15, 0.2) is 0 Å². The smallest absolute Gasteiger partial charge is 0.356 e. The summed E-state index contributed by atoms with van der Waals surface area (Å²) < 4.78 is 65.6. The molecule has 0 saturated carbocycles. The molecule has 0 N–H and O–H groups in total. The van der Waals surface area contributed by atoms with E-state index >= 15 is 0 Å². The molecule has 0 aliphatic carbocycles. The molecule has 3 rings (SSSR count). The Bertz CT molecular complexity index is 1130. The van der Waals surface area contributed by atoms with E-state index < -0.39 is 22.6 Å². The van der Waals surface area contributed by atoms with E-state index in [1.165, 1.54) is 16.7 Å². The maximum atomic E-state index is 12.9. The lowest BCUT2D eigenvalue weighted by atomic mass is 10.2. The van der Waals surface area contributed by atoms with Gasteiger partial charge in [-0.25, -0.2) is 18.4 Å². The zero-order valence-electron chi connectivity index (χ0n) is 17.8. The van der Waals surface area contributed by atoms with Gasteiger partial charge in [-0.05, 0) is 31.5 Å². The van der Waals surface area contributed by atoms with Gasteiger partial charge in [-0.2, -0.15) is 17.5 Å². The third-order valence-electron chi connectivity index (χ3n) is 4.98. The van der Waals surface area contributed by atoms with Gasteiger partial charge < -0.3 is 4.90 Å². The Kier molecular flexibility index (Phi) is 7.73. The molecule has 6 nitrogen and oxygen atoms in total. The van der Waals surface area contributed by atoms with E-state index in [1.54, 1.807) is 37.3 Å². The molecular weight excluding hydrogens is 461 g/mol. The van der Waals surface area contributed by atoms with Gasteiger partial charge in [0.05, 0.1) is 16.7 Å². The van der Waals surface area contributed by atoms with Crippen LogP contribution in [0.3, 0.4) is 0 Å². The highest BCUT2D eigenvalue weighted by molar-refractivity contribution is 7.89. The fourth-order valence-corrected chi connectivity index (χ4v) is 6.00. The zero-order valence-corrected chi connectivity index (χ0v) is 19.5. The summed E-state index contributed by atoms with van der Waals surface area (Å²) in [5.74, 6) is 0.566. The maximum Gasteiger partial charge on any atom is 0.393 e. The minimum absolute atomic E-state index is 0.191. The Hall–Kier alpha value is -2.24. The van der Waals surface area contributed by atoms with Crippen LogP contribution in [0.5, 0.6) is 0 Å². The highest BCUT2D eigenvalue weighted by atomic mass is 32.2. The molecule has 0 atom stereocenters. The summed E-state index contributed by atoms with van der Waals surface area (Å²) >= 11 is 1.01. The summed E-state index contributed by atoms with van der Waals surface area (Å²) in [5, 5.41) is 0.586. The van der Waals surface area contributed by atoms with Crippen LogP contribution in [0.25, 0.3) is 10.2 Å². The van der Waals surface area contributed by atoms with E-state index in [0.717, 1.165) is 11.3 Å². The molecule has 11 heteroatoms. The third-order valence-corrected chi connectivity index (χ3v) is 8.02. The summed E-state index contributed by atoms with van der Waals surface area (Å²) in [7, 11) is -3.58. The SMILES string of the molecule is CCN(CCCN(CC)S(=O)(=O)c1ccccc1)c1ncnc2sc(CC(F)(F)F)cc12. The van der Waals surface area contributed by atoms with Crippen molar-refractivity contribution in [1.29, 1.82) is 0 Å². The number of alkyl halides is 3. The largest absolute Gasteiger partial charge is 0.393 e. The predicted molar refractivity (Wildman–Crippen MR) is 121 cm³/mol.